The van der Waals surface area contributed by atoms with Gasteiger partial charge in [-0.1, -0.05) is 38.1 Å². The minimum Gasteiger partial charge on any atom is -0.481 e. The maximum absolute atomic E-state index is 13.1. The van der Waals surface area contributed by atoms with Gasteiger partial charge >= 0.3 is 12.6 Å². The van der Waals surface area contributed by atoms with Crippen molar-refractivity contribution < 1.29 is 31.8 Å². The molecule has 0 spiro atoms. The standard InChI is InChI=1S/C25H33F2N3O5S/c1-16(2)18-8-6-7-9-19(18)25(12-28-20-11-10-17(3)29-21(20)35-23(26)27)13-30(14-25)36(33,34)15-24(4,5)22(31)32/h6-11,16,23,28H,12-15H2,1-5H3,(H,31,32). The highest BCUT2D eigenvalue weighted by Gasteiger charge is 2.51. The van der Waals surface area contributed by atoms with Crippen LogP contribution in [-0.4, -0.2) is 60.8 Å². The predicted molar refractivity (Wildman–Crippen MR) is 133 cm³/mol. The molecule has 0 atom stereocenters. The van der Waals surface area contributed by atoms with E-state index in [2.05, 4.69) is 15.0 Å². The number of pyridine rings is 1. The Hall–Kier alpha value is -2.79. The van der Waals surface area contributed by atoms with E-state index in [9.17, 15) is 27.1 Å². The number of sulfonamides is 1. The smallest absolute Gasteiger partial charge is 0.388 e. The van der Waals surface area contributed by atoms with Crippen molar-refractivity contribution in [3.8, 4) is 5.88 Å². The molecule has 0 saturated carbocycles. The third-order valence-electron chi connectivity index (χ3n) is 6.45. The van der Waals surface area contributed by atoms with E-state index in [0.717, 1.165) is 11.1 Å². The summed E-state index contributed by atoms with van der Waals surface area (Å²) < 4.78 is 58.0. The van der Waals surface area contributed by atoms with Crippen LogP contribution in [-0.2, 0) is 20.2 Å². The fourth-order valence-corrected chi connectivity index (χ4v) is 6.51. The number of rotatable bonds is 11. The van der Waals surface area contributed by atoms with Gasteiger partial charge in [-0.3, -0.25) is 4.79 Å². The normalized spacial score (nSPS) is 16.1. The van der Waals surface area contributed by atoms with Crippen molar-refractivity contribution in [1.82, 2.24) is 9.29 Å². The van der Waals surface area contributed by atoms with Crippen molar-refractivity contribution in [1.29, 1.82) is 0 Å². The van der Waals surface area contributed by atoms with Gasteiger partial charge in [0.1, 0.15) is 0 Å². The van der Waals surface area contributed by atoms with E-state index in [1.54, 1.807) is 19.1 Å². The van der Waals surface area contributed by atoms with Gasteiger partial charge in [0.25, 0.3) is 0 Å². The number of carboxylic acid groups (broad SMARTS) is 1. The number of carboxylic acids is 1. The third-order valence-corrected chi connectivity index (χ3v) is 8.58. The van der Waals surface area contributed by atoms with Crippen molar-refractivity contribution in [3.63, 3.8) is 0 Å². The molecule has 1 aromatic carbocycles. The van der Waals surface area contributed by atoms with Crippen LogP contribution in [0.15, 0.2) is 36.4 Å². The van der Waals surface area contributed by atoms with E-state index >= 15 is 0 Å². The summed E-state index contributed by atoms with van der Waals surface area (Å²) in [4.78, 5) is 15.6. The molecule has 36 heavy (non-hydrogen) atoms. The number of hydrogen-bond acceptors (Lipinski definition) is 6. The molecule has 2 N–H and O–H groups in total. The van der Waals surface area contributed by atoms with Crippen LogP contribution in [0.25, 0.3) is 0 Å². The summed E-state index contributed by atoms with van der Waals surface area (Å²) in [6.07, 6.45) is 0. The van der Waals surface area contributed by atoms with Crippen molar-refractivity contribution >= 4 is 21.7 Å². The summed E-state index contributed by atoms with van der Waals surface area (Å²) in [6, 6.07) is 11.0. The lowest BCUT2D eigenvalue weighted by atomic mass is 9.71. The van der Waals surface area contributed by atoms with E-state index < -0.39 is 39.2 Å². The Kier molecular flexibility index (Phi) is 7.95. The summed E-state index contributed by atoms with van der Waals surface area (Å²) in [5, 5.41) is 12.6. The van der Waals surface area contributed by atoms with Gasteiger partial charge in [0.15, 0.2) is 0 Å². The molecule has 8 nitrogen and oxygen atoms in total. The molecular formula is C25H33F2N3O5S. The van der Waals surface area contributed by atoms with Crippen LogP contribution in [0.4, 0.5) is 14.5 Å². The number of benzene rings is 1. The Morgan fingerprint density at radius 3 is 2.44 bits per heavy atom. The van der Waals surface area contributed by atoms with E-state index in [1.807, 2.05) is 38.1 Å². The average Bonchev–Trinajstić information content (AvgIpc) is 2.73. The highest BCUT2D eigenvalue weighted by atomic mass is 32.2. The molecule has 2 aromatic rings. The maximum Gasteiger partial charge on any atom is 0.388 e. The van der Waals surface area contributed by atoms with Crippen molar-refractivity contribution in [3.05, 3.63) is 53.2 Å². The number of carbonyl (C=O) groups is 1. The first-order chi connectivity index (χ1) is 16.7. The second kappa shape index (κ2) is 10.3. The molecule has 0 unspecified atom stereocenters. The molecule has 1 saturated heterocycles. The topological polar surface area (TPSA) is 109 Å². The molecular weight excluding hydrogens is 492 g/mol. The number of halogens is 2. The van der Waals surface area contributed by atoms with Crippen molar-refractivity contribution in [2.75, 3.05) is 30.7 Å². The van der Waals surface area contributed by atoms with Gasteiger partial charge in [-0.2, -0.15) is 13.1 Å². The lowest BCUT2D eigenvalue weighted by molar-refractivity contribution is -0.145. The quantitative estimate of drug-likeness (QED) is 0.452. The lowest BCUT2D eigenvalue weighted by Crippen LogP contribution is -2.65. The van der Waals surface area contributed by atoms with Gasteiger partial charge < -0.3 is 15.2 Å². The first kappa shape index (κ1) is 27.8. The van der Waals surface area contributed by atoms with Gasteiger partial charge in [0.05, 0.1) is 16.9 Å². The lowest BCUT2D eigenvalue weighted by Gasteiger charge is -2.51. The van der Waals surface area contributed by atoms with Gasteiger partial charge in [-0.05, 0) is 49.9 Å². The molecule has 1 aromatic heterocycles. The van der Waals surface area contributed by atoms with Gasteiger partial charge in [0.2, 0.25) is 15.9 Å². The highest BCUT2D eigenvalue weighted by Crippen LogP contribution is 2.41. The number of nitrogens with one attached hydrogen (secondary N) is 1. The molecule has 0 amide bonds. The van der Waals surface area contributed by atoms with Crippen molar-refractivity contribution in [2.24, 2.45) is 5.41 Å². The number of aryl methyl sites for hydroxylation is 1. The molecule has 0 radical (unpaired) electrons. The largest absolute Gasteiger partial charge is 0.481 e. The monoisotopic (exact) mass is 525 g/mol. The van der Waals surface area contributed by atoms with Crippen LogP contribution in [0.2, 0.25) is 0 Å². The molecule has 1 aliphatic heterocycles. The number of aromatic nitrogens is 1. The van der Waals surface area contributed by atoms with Crippen LogP contribution in [0.1, 0.15) is 50.4 Å². The zero-order valence-corrected chi connectivity index (χ0v) is 21.9. The van der Waals surface area contributed by atoms with E-state index in [1.165, 1.54) is 18.2 Å². The molecule has 0 aliphatic carbocycles. The molecule has 0 bridgehead atoms. The Balaban J connectivity index is 1.94. The molecule has 3 rings (SSSR count). The molecule has 198 valence electrons. The molecule has 11 heteroatoms. The van der Waals surface area contributed by atoms with Gasteiger partial charge in [-0.15, -0.1) is 0 Å². The number of hydrogen-bond donors (Lipinski definition) is 2. The first-order valence-corrected chi connectivity index (χ1v) is 13.2. The number of alkyl halides is 2. The molecule has 1 aliphatic rings. The zero-order chi connectivity index (χ0) is 26.9. The van der Waals surface area contributed by atoms with Crippen LogP contribution in [0.3, 0.4) is 0 Å². The summed E-state index contributed by atoms with van der Waals surface area (Å²) >= 11 is 0. The summed E-state index contributed by atoms with van der Waals surface area (Å²) in [7, 11) is -3.86. The third kappa shape index (κ3) is 5.95. The van der Waals surface area contributed by atoms with Crippen molar-refractivity contribution in [2.45, 2.75) is 52.6 Å². The fraction of sp³-hybridized carbons (Fsp3) is 0.520. The van der Waals surface area contributed by atoms with E-state index in [4.69, 9.17) is 0 Å². The van der Waals surface area contributed by atoms with Gasteiger partial charge in [-0.25, -0.2) is 13.4 Å². The Morgan fingerprint density at radius 2 is 1.86 bits per heavy atom. The Morgan fingerprint density at radius 1 is 1.22 bits per heavy atom. The maximum atomic E-state index is 13.1. The summed E-state index contributed by atoms with van der Waals surface area (Å²) in [5.41, 5.74) is 0.670. The molecule has 1 fully saturated rings. The van der Waals surface area contributed by atoms with Crippen LogP contribution < -0.4 is 10.1 Å². The minimum atomic E-state index is -3.86. The zero-order valence-electron chi connectivity index (χ0n) is 21.1. The van der Waals surface area contributed by atoms with Crippen LogP contribution in [0.5, 0.6) is 5.88 Å². The minimum absolute atomic E-state index is 0.117. The first-order valence-electron chi connectivity index (χ1n) is 11.6. The summed E-state index contributed by atoms with van der Waals surface area (Å²) in [5.74, 6) is -1.79. The summed E-state index contributed by atoms with van der Waals surface area (Å²) in [6.45, 7) is 5.93. The Bertz CT molecular complexity index is 1210. The number of aliphatic carboxylic acids is 1. The SMILES string of the molecule is Cc1ccc(NCC2(c3ccccc3C(C)C)CN(S(=O)(=O)CC(C)(C)C(=O)O)C2)c(OC(F)F)n1. The highest BCUT2D eigenvalue weighted by molar-refractivity contribution is 7.89. The number of nitrogens with zero attached hydrogens (tertiary/aromatic N) is 2. The fourth-order valence-electron chi connectivity index (χ4n) is 4.40. The van der Waals surface area contributed by atoms with Gasteiger partial charge in [0, 0.05) is 30.7 Å². The predicted octanol–water partition coefficient (Wildman–Crippen LogP) is 4.22. The molecule has 2 heterocycles. The van der Waals surface area contributed by atoms with Crippen LogP contribution >= 0.6 is 0 Å². The number of ether oxygens (including phenoxy) is 1. The number of anilines is 1. The Labute approximate surface area is 210 Å². The van der Waals surface area contributed by atoms with Crippen LogP contribution in [0, 0.1) is 12.3 Å². The second-order valence-corrected chi connectivity index (χ2v) is 12.2. The van der Waals surface area contributed by atoms with E-state index in [0.29, 0.717) is 5.69 Å². The average molecular weight is 526 g/mol. The van der Waals surface area contributed by atoms with E-state index in [-0.39, 0.29) is 37.1 Å². The second-order valence-electron chi connectivity index (χ2n) is 10.3.